The molecule has 27 heavy (non-hydrogen) atoms. The fraction of sp³-hybridized carbons (Fsp3) is 0.333. The van der Waals surface area contributed by atoms with Gasteiger partial charge in [0.2, 0.25) is 0 Å². The van der Waals surface area contributed by atoms with Gasteiger partial charge < -0.3 is 4.74 Å². The molecule has 0 aliphatic heterocycles. The van der Waals surface area contributed by atoms with Crippen LogP contribution >= 0.6 is 0 Å². The van der Waals surface area contributed by atoms with Gasteiger partial charge >= 0.3 is 5.97 Å². The number of ketones is 1. The minimum atomic E-state index is -3.13. The number of rotatable bonds is 8. The Morgan fingerprint density at radius 2 is 1.52 bits per heavy atom. The third kappa shape index (κ3) is 6.32. The average Bonchev–Trinajstić information content (AvgIpc) is 2.64. The Labute approximate surface area is 160 Å². The van der Waals surface area contributed by atoms with Crippen molar-refractivity contribution in [3.8, 4) is 0 Å². The van der Waals surface area contributed by atoms with Gasteiger partial charge in [-0.3, -0.25) is 4.79 Å². The maximum Gasteiger partial charge on any atom is 0.338 e. The van der Waals surface area contributed by atoms with E-state index in [0.29, 0.717) is 17.0 Å². The van der Waals surface area contributed by atoms with Crippen LogP contribution in [0.15, 0.2) is 48.5 Å². The van der Waals surface area contributed by atoms with E-state index < -0.39 is 15.8 Å². The molecule has 2 aromatic rings. The summed E-state index contributed by atoms with van der Waals surface area (Å²) in [4.78, 5) is 24.3. The maximum atomic E-state index is 12.2. The van der Waals surface area contributed by atoms with Crippen LogP contribution in [0.3, 0.4) is 0 Å². The molecule has 2 aromatic carbocycles. The van der Waals surface area contributed by atoms with Crippen molar-refractivity contribution in [1.82, 2.24) is 0 Å². The first-order chi connectivity index (χ1) is 12.7. The molecule has 2 rings (SSSR count). The van der Waals surface area contributed by atoms with Crippen molar-refractivity contribution >= 4 is 21.6 Å². The van der Waals surface area contributed by atoms with Crippen molar-refractivity contribution in [2.24, 2.45) is 0 Å². The molecule has 0 radical (unpaired) electrons. The van der Waals surface area contributed by atoms with Crippen molar-refractivity contribution < 1.29 is 22.7 Å². The van der Waals surface area contributed by atoms with Crippen molar-refractivity contribution in [3.63, 3.8) is 0 Å². The van der Waals surface area contributed by atoms with Crippen molar-refractivity contribution in [1.29, 1.82) is 0 Å². The first-order valence-corrected chi connectivity index (χ1v) is 10.8. The number of benzene rings is 2. The molecule has 0 saturated carbocycles. The summed E-state index contributed by atoms with van der Waals surface area (Å²) in [5.74, 6) is -0.552. The van der Waals surface area contributed by atoms with Crippen LogP contribution in [0.25, 0.3) is 0 Å². The van der Waals surface area contributed by atoms with E-state index in [0.717, 1.165) is 12.7 Å². The lowest BCUT2D eigenvalue weighted by atomic mass is 9.97. The molecule has 0 fully saturated rings. The molecule has 0 heterocycles. The van der Waals surface area contributed by atoms with Gasteiger partial charge in [-0.05, 0) is 35.6 Å². The van der Waals surface area contributed by atoms with Crippen LogP contribution < -0.4 is 0 Å². The maximum absolute atomic E-state index is 12.2. The molecule has 0 bridgehead atoms. The van der Waals surface area contributed by atoms with Crippen LogP contribution in [-0.2, 0) is 20.3 Å². The number of hydrogen-bond acceptors (Lipinski definition) is 5. The Morgan fingerprint density at radius 1 is 0.963 bits per heavy atom. The van der Waals surface area contributed by atoms with Gasteiger partial charge in [0, 0.05) is 11.8 Å². The molecule has 6 heteroatoms. The average molecular weight is 388 g/mol. The summed E-state index contributed by atoms with van der Waals surface area (Å²) in [6.07, 6.45) is 2.17. The minimum Gasteiger partial charge on any atom is -0.454 e. The van der Waals surface area contributed by atoms with E-state index in [2.05, 4.69) is 13.8 Å². The summed E-state index contributed by atoms with van der Waals surface area (Å²) in [7, 11) is -3.13. The van der Waals surface area contributed by atoms with Gasteiger partial charge in [-0.2, -0.15) is 0 Å². The van der Waals surface area contributed by atoms with Gasteiger partial charge in [-0.1, -0.05) is 50.2 Å². The zero-order valence-corrected chi connectivity index (χ0v) is 16.6. The smallest absolute Gasteiger partial charge is 0.338 e. The van der Waals surface area contributed by atoms with E-state index in [9.17, 15) is 18.0 Å². The highest BCUT2D eigenvalue weighted by Crippen LogP contribution is 2.19. The van der Waals surface area contributed by atoms with Crippen molar-refractivity contribution in [2.45, 2.75) is 31.9 Å². The first-order valence-electron chi connectivity index (χ1n) is 8.76. The SMILES string of the molecule is CCC(C)c1ccc(C(=O)COC(=O)c2ccc(CS(C)(=O)=O)cc2)cc1. The summed E-state index contributed by atoms with van der Waals surface area (Å²) in [6, 6.07) is 13.4. The largest absolute Gasteiger partial charge is 0.454 e. The predicted octanol–water partition coefficient (Wildman–Crippen LogP) is 3.78. The zero-order valence-electron chi connectivity index (χ0n) is 15.8. The first kappa shape index (κ1) is 20.8. The summed E-state index contributed by atoms with van der Waals surface area (Å²) in [6.45, 7) is 3.89. The number of carbonyl (C=O) groups excluding carboxylic acids is 2. The second-order valence-electron chi connectivity index (χ2n) is 6.70. The van der Waals surface area contributed by atoms with Gasteiger partial charge in [-0.25, -0.2) is 13.2 Å². The fourth-order valence-corrected chi connectivity index (χ4v) is 3.37. The van der Waals surface area contributed by atoms with E-state index in [1.165, 1.54) is 17.7 Å². The number of ether oxygens (including phenoxy) is 1. The second-order valence-corrected chi connectivity index (χ2v) is 8.84. The van der Waals surface area contributed by atoms with Crippen LogP contribution in [0.5, 0.6) is 0 Å². The molecule has 5 nitrogen and oxygen atoms in total. The normalized spacial score (nSPS) is 12.4. The summed E-state index contributed by atoms with van der Waals surface area (Å²) in [5, 5.41) is 0. The van der Waals surface area contributed by atoms with Gasteiger partial charge in [0.1, 0.15) is 0 Å². The van der Waals surface area contributed by atoms with E-state index in [1.807, 2.05) is 12.1 Å². The number of carbonyl (C=O) groups is 2. The number of esters is 1. The van der Waals surface area contributed by atoms with Gasteiger partial charge in [0.15, 0.2) is 22.2 Å². The summed E-state index contributed by atoms with van der Waals surface area (Å²) < 4.78 is 27.6. The van der Waals surface area contributed by atoms with Crippen LogP contribution in [0.2, 0.25) is 0 Å². The lowest BCUT2D eigenvalue weighted by Gasteiger charge is -2.09. The molecule has 0 aliphatic rings. The molecule has 0 spiro atoms. The van der Waals surface area contributed by atoms with E-state index in [1.54, 1.807) is 24.3 Å². The Hall–Kier alpha value is -2.47. The number of hydrogen-bond donors (Lipinski definition) is 0. The number of Topliss-reactive ketones (excluding diaryl/α,β-unsaturated/α-hetero) is 1. The lowest BCUT2D eigenvalue weighted by molar-refractivity contribution is 0.0474. The third-order valence-electron chi connectivity index (χ3n) is 4.37. The standard InChI is InChI=1S/C21H24O5S/c1-4-15(2)17-9-11-18(12-10-17)20(22)13-26-21(23)19-7-5-16(6-8-19)14-27(3,24)25/h5-12,15H,4,13-14H2,1-3H3. The predicted molar refractivity (Wildman–Crippen MR) is 105 cm³/mol. The topological polar surface area (TPSA) is 77.5 Å². The van der Waals surface area contributed by atoms with Crippen molar-refractivity contribution in [2.75, 3.05) is 12.9 Å². The van der Waals surface area contributed by atoms with Crippen LogP contribution in [0, 0.1) is 0 Å². The molecule has 1 atom stereocenters. The van der Waals surface area contributed by atoms with Crippen molar-refractivity contribution in [3.05, 3.63) is 70.8 Å². The Bertz CT molecular complexity index is 897. The Morgan fingerprint density at radius 3 is 2.04 bits per heavy atom. The highest BCUT2D eigenvalue weighted by Gasteiger charge is 2.13. The fourth-order valence-electron chi connectivity index (χ4n) is 2.57. The summed E-state index contributed by atoms with van der Waals surface area (Å²) in [5.41, 5.74) is 2.53. The summed E-state index contributed by atoms with van der Waals surface area (Å²) >= 11 is 0. The monoisotopic (exact) mass is 388 g/mol. The molecule has 1 unspecified atom stereocenters. The van der Waals surface area contributed by atoms with Crippen LogP contribution in [0.1, 0.15) is 58.0 Å². The quantitative estimate of drug-likeness (QED) is 0.508. The number of sulfone groups is 1. The molecule has 0 saturated heterocycles. The lowest BCUT2D eigenvalue weighted by Crippen LogP contribution is -2.14. The molecule has 0 N–H and O–H groups in total. The highest BCUT2D eigenvalue weighted by molar-refractivity contribution is 7.89. The van der Waals surface area contributed by atoms with E-state index in [4.69, 9.17) is 4.74 Å². The molecular formula is C21H24O5S. The third-order valence-corrected chi connectivity index (χ3v) is 5.22. The molecule has 0 amide bonds. The second kappa shape index (κ2) is 8.95. The Balaban J connectivity index is 1.93. The molecule has 144 valence electrons. The minimum absolute atomic E-state index is 0.0898. The van der Waals surface area contributed by atoms with Crippen LogP contribution in [0.4, 0.5) is 0 Å². The molecule has 0 aliphatic carbocycles. The van der Waals surface area contributed by atoms with Gasteiger partial charge in [-0.15, -0.1) is 0 Å². The van der Waals surface area contributed by atoms with E-state index >= 15 is 0 Å². The zero-order chi connectivity index (χ0) is 20.0. The van der Waals surface area contributed by atoms with Crippen LogP contribution in [-0.4, -0.2) is 33.0 Å². The van der Waals surface area contributed by atoms with Gasteiger partial charge in [0.05, 0.1) is 11.3 Å². The Kier molecular flexibility index (Phi) is 6.91. The van der Waals surface area contributed by atoms with Gasteiger partial charge in [0.25, 0.3) is 0 Å². The highest BCUT2D eigenvalue weighted by atomic mass is 32.2. The van der Waals surface area contributed by atoms with E-state index in [-0.39, 0.29) is 23.7 Å². The molecular weight excluding hydrogens is 364 g/mol. The molecule has 0 aromatic heterocycles.